The topological polar surface area (TPSA) is 94.6 Å². The molecule has 0 saturated carbocycles. The molecular formula is C11H17N4O2+. The van der Waals surface area contributed by atoms with Gasteiger partial charge in [-0.25, -0.2) is 4.57 Å². The van der Waals surface area contributed by atoms with E-state index in [1.54, 1.807) is 0 Å². The molecule has 0 fully saturated rings. The van der Waals surface area contributed by atoms with Gasteiger partial charge >= 0.3 is 5.97 Å². The van der Waals surface area contributed by atoms with Crippen LogP contribution in [-0.4, -0.2) is 25.1 Å². The Balaban J connectivity index is 2.16. The van der Waals surface area contributed by atoms with Gasteiger partial charge in [0, 0.05) is 12.1 Å². The van der Waals surface area contributed by atoms with E-state index in [0.717, 1.165) is 0 Å². The molecule has 1 rings (SSSR count). The number of rotatable bonds is 6. The van der Waals surface area contributed by atoms with E-state index in [1.165, 1.54) is 0 Å². The number of ether oxygens (including phenoxy) is 1. The van der Waals surface area contributed by atoms with Gasteiger partial charge in [-0.2, -0.15) is 0 Å². The number of pyridine rings is 1. The molecule has 4 N–H and O–H groups in total. The second kappa shape index (κ2) is 7.21. The number of esters is 1. The van der Waals surface area contributed by atoms with E-state index in [0.29, 0.717) is 19.5 Å². The summed E-state index contributed by atoms with van der Waals surface area (Å²) in [7, 11) is 0. The van der Waals surface area contributed by atoms with E-state index < -0.39 is 0 Å². The first-order chi connectivity index (χ1) is 8.18. The highest BCUT2D eigenvalue weighted by atomic mass is 16.5. The number of carbonyl (C=O) groups is 1. The van der Waals surface area contributed by atoms with Crippen LogP contribution in [-0.2, 0) is 16.1 Å². The molecule has 0 aliphatic carbocycles. The highest BCUT2D eigenvalue weighted by molar-refractivity contribution is 5.75. The Morgan fingerprint density at radius 2 is 1.94 bits per heavy atom. The second-order valence-electron chi connectivity index (χ2n) is 3.39. The Morgan fingerprint density at radius 1 is 1.24 bits per heavy atom. The van der Waals surface area contributed by atoms with Crippen LogP contribution in [0, 0.1) is 0 Å². The van der Waals surface area contributed by atoms with Gasteiger partial charge < -0.3 is 16.2 Å². The Hall–Kier alpha value is -2.11. The molecule has 0 unspecified atom stereocenters. The summed E-state index contributed by atoms with van der Waals surface area (Å²) in [4.78, 5) is 15.0. The van der Waals surface area contributed by atoms with Gasteiger partial charge in [-0.15, -0.1) is 0 Å². The van der Waals surface area contributed by atoms with Crippen molar-refractivity contribution in [3.05, 3.63) is 30.6 Å². The minimum Gasteiger partial charge on any atom is -0.464 e. The lowest BCUT2D eigenvalue weighted by Gasteiger charge is -2.01. The molecule has 6 heteroatoms. The number of carbonyl (C=O) groups excluding carboxylic acids is 1. The van der Waals surface area contributed by atoms with Gasteiger partial charge in [0.2, 0.25) is 0 Å². The smallest absolute Gasteiger partial charge is 0.312 e. The van der Waals surface area contributed by atoms with Crippen LogP contribution in [0.25, 0.3) is 0 Å². The van der Waals surface area contributed by atoms with E-state index in [-0.39, 0.29) is 18.5 Å². The van der Waals surface area contributed by atoms with Crippen LogP contribution >= 0.6 is 0 Å². The van der Waals surface area contributed by atoms with Crippen LogP contribution in [0.15, 0.2) is 35.6 Å². The minimum absolute atomic E-state index is 0.000824. The third-order valence-electron chi connectivity index (χ3n) is 2.00. The average Bonchev–Trinajstić information content (AvgIpc) is 2.33. The third-order valence-corrected chi connectivity index (χ3v) is 2.00. The van der Waals surface area contributed by atoms with E-state index in [9.17, 15) is 4.79 Å². The standard InChI is InChI=1S/C11H17N4O2/c12-11(13)14-5-9-17-10(16)4-8-15-6-2-1-3-7-15/h1-3,6-7H,4-5,8-9H2,(H4,12,13,14)/q+1. The van der Waals surface area contributed by atoms with Gasteiger partial charge in [0.1, 0.15) is 13.0 Å². The fourth-order valence-electron chi connectivity index (χ4n) is 1.21. The van der Waals surface area contributed by atoms with Gasteiger partial charge in [-0.1, -0.05) is 6.07 Å². The molecular weight excluding hydrogens is 220 g/mol. The maximum Gasteiger partial charge on any atom is 0.312 e. The SMILES string of the molecule is NC(N)=NCCOC(=O)CC[n+]1ccccc1. The van der Waals surface area contributed by atoms with Crippen molar-refractivity contribution in [2.75, 3.05) is 13.2 Å². The van der Waals surface area contributed by atoms with Crippen molar-refractivity contribution in [3.63, 3.8) is 0 Å². The number of hydrogen-bond donors (Lipinski definition) is 2. The van der Waals surface area contributed by atoms with Crippen molar-refractivity contribution in [1.82, 2.24) is 0 Å². The summed E-state index contributed by atoms with van der Waals surface area (Å²) in [6, 6.07) is 5.73. The quantitative estimate of drug-likeness (QED) is 0.222. The second-order valence-corrected chi connectivity index (χ2v) is 3.39. The first-order valence-corrected chi connectivity index (χ1v) is 5.33. The lowest BCUT2D eigenvalue weighted by molar-refractivity contribution is -0.696. The molecule has 0 bridgehead atoms. The summed E-state index contributed by atoms with van der Waals surface area (Å²) in [6.07, 6.45) is 4.12. The summed E-state index contributed by atoms with van der Waals surface area (Å²) >= 11 is 0. The molecule has 0 spiro atoms. The average molecular weight is 237 g/mol. The highest BCUT2D eigenvalue weighted by Crippen LogP contribution is 1.88. The first kappa shape index (κ1) is 13.0. The maximum atomic E-state index is 11.3. The van der Waals surface area contributed by atoms with Gasteiger partial charge in [-0.3, -0.25) is 9.79 Å². The Bertz CT molecular complexity index is 374. The number of aliphatic imine (C=N–C) groups is 1. The summed E-state index contributed by atoms with van der Waals surface area (Å²) in [5.41, 5.74) is 10.3. The van der Waals surface area contributed by atoms with Crippen molar-refractivity contribution in [3.8, 4) is 0 Å². The Labute approximate surface area is 99.9 Å². The maximum absolute atomic E-state index is 11.3. The molecule has 1 heterocycles. The summed E-state index contributed by atoms with van der Waals surface area (Å²) in [5, 5.41) is 0. The monoisotopic (exact) mass is 237 g/mol. The van der Waals surface area contributed by atoms with Crippen LogP contribution in [0.4, 0.5) is 0 Å². The van der Waals surface area contributed by atoms with Gasteiger partial charge in [0.05, 0.1) is 6.54 Å². The van der Waals surface area contributed by atoms with Crippen molar-refractivity contribution >= 4 is 11.9 Å². The Morgan fingerprint density at radius 3 is 2.59 bits per heavy atom. The molecule has 17 heavy (non-hydrogen) atoms. The van der Waals surface area contributed by atoms with Gasteiger partial charge in [0.25, 0.3) is 0 Å². The lowest BCUT2D eigenvalue weighted by atomic mass is 10.4. The molecule has 1 aromatic rings. The van der Waals surface area contributed by atoms with Gasteiger partial charge in [0.15, 0.2) is 24.9 Å². The van der Waals surface area contributed by atoms with Crippen LogP contribution in [0.1, 0.15) is 6.42 Å². The van der Waals surface area contributed by atoms with Crippen LogP contribution in [0.3, 0.4) is 0 Å². The van der Waals surface area contributed by atoms with Crippen molar-refractivity contribution in [2.45, 2.75) is 13.0 Å². The highest BCUT2D eigenvalue weighted by Gasteiger charge is 2.06. The number of nitrogens with zero attached hydrogens (tertiary/aromatic N) is 2. The number of guanidine groups is 1. The van der Waals surface area contributed by atoms with Crippen LogP contribution in [0.5, 0.6) is 0 Å². The summed E-state index contributed by atoms with van der Waals surface area (Å²) < 4.78 is 6.86. The van der Waals surface area contributed by atoms with E-state index in [4.69, 9.17) is 16.2 Å². The molecule has 0 amide bonds. The number of aromatic nitrogens is 1. The lowest BCUT2D eigenvalue weighted by Crippen LogP contribution is -2.33. The zero-order chi connectivity index (χ0) is 12.5. The largest absolute Gasteiger partial charge is 0.464 e. The number of aryl methyl sites for hydroxylation is 1. The van der Waals surface area contributed by atoms with Crippen molar-refractivity contribution < 1.29 is 14.1 Å². The predicted molar refractivity (Wildman–Crippen MR) is 62.9 cm³/mol. The number of hydrogen-bond acceptors (Lipinski definition) is 3. The number of nitrogens with two attached hydrogens (primary N) is 2. The summed E-state index contributed by atoms with van der Waals surface area (Å²) in [6.45, 7) is 1.10. The van der Waals surface area contributed by atoms with Crippen molar-refractivity contribution in [1.29, 1.82) is 0 Å². The third kappa shape index (κ3) is 6.14. The van der Waals surface area contributed by atoms with E-state index in [1.807, 2.05) is 35.2 Å². The molecule has 0 saturated heterocycles. The van der Waals surface area contributed by atoms with E-state index in [2.05, 4.69) is 4.99 Å². The first-order valence-electron chi connectivity index (χ1n) is 5.33. The zero-order valence-corrected chi connectivity index (χ0v) is 9.58. The molecule has 0 aliphatic rings. The molecule has 0 radical (unpaired) electrons. The predicted octanol–water partition coefficient (Wildman–Crippen LogP) is -0.819. The molecule has 6 nitrogen and oxygen atoms in total. The summed E-state index contributed by atoms with van der Waals surface area (Å²) in [5.74, 6) is -0.256. The fraction of sp³-hybridized carbons (Fsp3) is 0.364. The molecule has 0 aliphatic heterocycles. The molecule has 0 atom stereocenters. The zero-order valence-electron chi connectivity index (χ0n) is 9.58. The van der Waals surface area contributed by atoms with Crippen LogP contribution in [0.2, 0.25) is 0 Å². The molecule has 1 aromatic heterocycles. The Kier molecular flexibility index (Phi) is 5.50. The minimum atomic E-state index is -0.257. The fourth-order valence-corrected chi connectivity index (χ4v) is 1.21. The molecule has 0 aromatic carbocycles. The van der Waals surface area contributed by atoms with Crippen LogP contribution < -0.4 is 16.0 Å². The normalized spacial score (nSPS) is 9.65. The molecule has 92 valence electrons. The van der Waals surface area contributed by atoms with Crippen molar-refractivity contribution in [2.24, 2.45) is 16.5 Å². The van der Waals surface area contributed by atoms with E-state index >= 15 is 0 Å². The van der Waals surface area contributed by atoms with Gasteiger partial charge in [-0.05, 0) is 0 Å².